The smallest absolute Gasteiger partial charge is 0.306 e. The summed E-state index contributed by atoms with van der Waals surface area (Å²) < 4.78 is 10.6. The molecule has 48 heavy (non-hydrogen) atoms. The minimum atomic E-state index is -0.770. The Morgan fingerprint density at radius 1 is 0.458 bits per heavy atom. The first kappa shape index (κ1) is 46.4. The van der Waals surface area contributed by atoms with Gasteiger partial charge in [-0.1, -0.05) is 167 Å². The molecule has 0 bridgehead atoms. The summed E-state index contributed by atoms with van der Waals surface area (Å²) in [5, 5.41) is 9.56. The number of aliphatic hydroxyl groups excluding tert-OH is 1. The predicted molar refractivity (Wildman–Crippen MR) is 205 cm³/mol. The third kappa shape index (κ3) is 37.2. The quantitative estimate of drug-likeness (QED) is 0.0400. The number of unbranched alkanes of at least 4 members (excludes halogenated alkanes) is 26. The van der Waals surface area contributed by atoms with Gasteiger partial charge >= 0.3 is 11.9 Å². The second-order valence-corrected chi connectivity index (χ2v) is 14.1. The fourth-order valence-electron chi connectivity index (χ4n) is 6.01. The molecule has 0 heterocycles. The summed E-state index contributed by atoms with van der Waals surface area (Å²) in [4.78, 5) is 24.3. The molecule has 1 N–H and O–H groups in total. The molecule has 0 fully saturated rings. The largest absolute Gasteiger partial charge is 0.462 e. The highest BCUT2D eigenvalue weighted by atomic mass is 16.6. The van der Waals surface area contributed by atoms with E-state index in [1.54, 1.807) is 0 Å². The van der Waals surface area contributed by atoms with Crippen molar-refractivity contribution in [2.45, 2.75) is 225 Å². The standard InChI is InChI=1S/C43H80O5/c1-3-5-7-9-11-13-15-17-19-20-21-22-24-26-28-30-32-34-36-38-43(46)48-41(39-44)40-47-42(45)37-35-33-31-29-27-25-23-18-16-14-12-10-8-6-4-2/h14,16-17,19,41,44H,3-13,15,18,20-40H2,1-2H3. The number of ether oxygens (including phenoxy) is 2. The van der Waals surface area contributed by atoms with Crippen molar-refractivity contribution in [3.05, 3.63) is 24.3 Å². The van der Waals surface area contributed by atoms with E-state index in [0.717, 1.165) is 38.5 Å². The first-order valence-corrected chi connectivity index (χ1v) is 20.9. The van der Waals surface area contributed by atoms with Crippen molar-refractivity contribution in [1.82, 2.24) is 0 Å². The van der Waals surface area contributed by atoms with Crippen LogP contribution in [-0.2, 0) is 19.1 Å². The van der Waals surface area contributed by atoms with Crippen LogP contribution in [0.4, 0.5) is 0 Å². The van der Waals surface area contributed by atoms with Crippen molar-refractivity contribution in [3.8, 4) is 0 Å². The van der Waals surface area contributed by atoms with Gasteiger partial charge in [0.05, 0.1) is 6.61 Å². The van der Waals surface area contributed by atoms with E-state index in [1.807, 2.05) is 0 Å². The van der Waals surface area contributed by atoms with Gasteiger partial charge in [0.15, 0.2) is 6.10 Å². The summed E-state index contributed by atoms with van der Waals surface area (Å²) in [6, 6.07) is 0. The maximum absolute atomic E-state index is 12.2. The van der Waals surface area contributed by atoms with Gasteiger partial charge in [0, 0.05) is 12.8 Å². The van der Waals surface area contributed by atoms with Gasteiger partial charge in [0.2, 0.25) is 0 Å². The molecule has 0 saturated carbocycles. The number of hydrogen-bond acceptors (Lipinski definition) is 5. The van der Waals surface area contributed by atoms with Crippen LogP contribution in [0.1, 0.15) is 219 Å². The molecule has 0 aromatic carbocycles. The molecule has 0 aliphatic heterocycles. The Hall–Kier alpha value is -1.62. The molecule has 5 heteroatoms. The molecule has 1 atom stereocenters. The fraction of sp³-hybridized carbons (Fsp3) is 0.860. The van der Waals surface area contributed by atoms with Crippen molar-refractivity contribution in [3.63, 3.8) is 0 Å². The number of esters is 2. The highest BCUT2D eigenvalue weighted by Crippen LogP contribution is 2.14. The Labute approximate surface area is 298 Å². The Morgan fingerprint density at radius 3 is 1.15 bits per heavy atom. The average Bonchev–Trinajstić information content (AvgIpc) is 3.09. The van der Waals surface area contributed by atoms with Gasteiger partial charge in [0.1, 0.15) is 6.61 Å². The van der Waals surface area contributed by atoms with Crippen LogP contribution in [0.2, 0.25) is 0 Å². The van der Waals surface area contributed by atoms with E-state index in [2.05, 4.69) is 38.2 Å². The normalized spacial score (nSPS) is 12.3. The lowest BCUT2D eigenvalue weighted by Gasteiger charge is -2.15. The van der Waals surface area contributed by atoms with Gasteiger partial charge in [-0.15, -0.1) is 0 Å². The summed E-state index contributed by atoms with van der Waals surface area (Å²) in [6.07, 6.45) is 46.7. The summed E-state index contributed by atoms with van der Waals surface area (Å²) >= 11 is 0. The number of hydrogen-bond donors (Lipinski definition) is 1. The van der Waals surface area contributed by atoms with Crippen molar-refractivity contribution in [1.29, 1.82) is 0 Å². The van der Waals surface area contributed by atoms with Gasteiger partial charge in [0.25, 0.3) is 0 Å². The highest BCUT2D eigenvalue weighted by Gasteiger charge is 2.16. The summed E-state index contributed by atoms with van der Waals surface area (Å²) in [7, 11) is 0. The minimum absolute atomic E-state index is 0.0657. The van der Waals surface area contributed by atoms with E-state index in [-0.39, 0.29) is 25.2 Å². The zero-order valence-electron chi connectivity index (χ0n) is 32.0. The van der Waals surface area contributed by atoms with E-state index >= 15 is 0 Å². The van der Waals surface area contributed by atoms with Crippen LogP contribution < -0.4 is 0 Å². The molecular weight excluding hydrogens is 596 g/mol. The van der Waals surface area contributed by atoms with E-state index in [1.165, 1.54) is 154 Å². The van der Waals surface area contributed by atoms with E-state index in [4.69, 9.17) is 9.47 Å². The Balaban J connectivity index is 3.52. The number of rotatable bonds is 38. The first-order chi connectivity index (χ1) is 23.6. The second kappa shape index (κ2) is 39.8. The molecule has 0 rings (SSSR count). The van der Waals surface area contributed by atoms with Crippen LogP contribution in [-0.4, -0.2) is 36.4 Å². The Morgan fingerprint density at radius 2 is 0.771 bits per heavy atom. The maximum Gasteiger partial charge on any atom is 0.306 e. The van der Waals surface area contributed by atoms with Crippen LogP contribution in [0.3, 0.4) is 0 Å². The third-order valence-electron chi connectivity index (χ3n) is 9.22. The molecule has 0 aliphatic carbocycles. The number of carbonyl (C=O) groups is 2. The molecule has 0 amide bonds. The minimum Gasteiger partial charge on any atom is -0.462 e. The van der Waals surface area contributed by atoms with Crippen LogP contribution in [0.5, 0.6) is 0 Å². The zero-order valence-corrected chi connectivity index (χ0v) is 32.0. The Kier molecular flexibility index (Phi) is 38.5. The molecule has 282 valence electrons. The monoisotopic (exact) mass is 677 g/mol. The molecule has 5 nitrogen and oxygen atoms in total. The molecule has 0 saturated heterocycles. The first-order valence-electron chi connectivity index (χ1n) is 20.9. The SMILES string of the molecule is CCCCCCC=CCCCCCCCCCC(=O)OCC(CO)OC(=O)CCCCCCCCCCCC=CCCCCCCCC. The predicted octanol–water partition coefficient (Wildman–Crippen LogP) is 13.1. The van der Waals surface area contributed by atoms with Crippen molar-refractivity contribution >= 4 is 11.9 Å². The summed E-state index contributed by atoms with van der Waals surface area (Å²) in [5.41, 5.74) is 0. The number of allylic oxidation sites excluding steroid dienone is 4. The lowest BCUT2D eigenvalue weighted by Crippen LogP contribution is -2.28. The van der Waals surface area contributed by atoms with Crippen molar-refractivity contribution in [2.24, 2.45) is 0 Å². The Bertz CT molecular complexity index is 731. The zero-order chi connectivity index (χ0) is 35.0. The molecule has 0 aliphatic rings. The van der Waals surface area contributed by atoms with Crippen LogP contribution in [0.25, 0.3) is 0 Å². The molecule has 0 aromatic rings. The van der Waals surface area contributed by atoms with Crippen LogP contribution in [0, 0.1) is 0 Å². The lowest BCUT2D eigenvalue weighted by molar-refractivity contribution is -0.161. The van der Waals surface area contributed by atoms with Crippen LogP contribution >= 0.6 is 0 Å². The van der Waals surface area contributed by atoms with Gasteiger partial charge in [-0.25, -0.2) is 0 Å². The van der Waals surface area contributed by atoms with Gasteiger partial charge in [-0.2, -0.15) is 0 Å². The third-order valence-corrected chi connectivity index (χ3v) is 9.22. The second-order valence-electron chi connectivity index (χ2n) is 14.1. The maximum atomic E-state index is 12.2. The van der Waals surface area contributed by atoms with Gasteiger partial charge < -0.3 is 14.6 Å². The topological polar surface area (TPSA) is 72.8 Å². The number of aliphatic hydroxyl groups is 1. The fourth-order valence-corrected chi connectivity index (χ4v) is 6.01. The number of carbonyl (C=O) groups excluding carboxylic acids is 2. The summed E-state index contributed by atoms with van der Waals surface area (Å²) in [6.45, 7) is 4.13. The molecule has 0 aromatic heterocycles. The highest BCUT2D eigenvalue weighted by molar-refractivity contribution is 5.70. The van der Waals surface area contributed by atoms with Crippen molar-refractivity contribution in [2.75, 3.05) is 13.2 Å². The van der Waals surface area contributed by atoms with Gasteiger partial charge in [-0.05, 0) is 64.2 Å². The van der Waals surface area contributed by atoms with E-state index in [0.29, 0.717) is 12.8 Å². The summed E-state index contributed by atoms with van der Waals surface area (Å²) in [5.74, 6) is -0.592. The lowest BCUT2D eigenvalue weighted by atomic mass is 10.1. The molecule has 0 radical (unpaired) electrons. The van der Waals surface area contributed by atoms with Crippen LogP contribution in [0.15, 0.2) is 24.3 Å². The van der Waals surface area contributed by atoms with E-state index in [9.17, 15) is 14.7 Å². The van der Waals surface area contributed by atoms with Crippen molar-refractivity contribution < 1.29 is 24.2 Å². The van der Waals surface area contributed by atoms with E-state index < -0.39 is 6.10 Å². The average molecular weight is 677 g/mol. The van der Waals surface area contributed by atoms with Gasteiger partial charge in [-0.3, -0.25) is 9.59 Å². The molecule has 0 spiro atoms. The molecular formula is C43H80O5. The molecule has 1 unspecified atom stereocenters.